The predicted octanol–water partition coefficient (Wildman–Crippen LogP) is 2.63. The lowest BCUT2D eigenvalue weighted by Crippen LogP contribution is -2.27. The molecule has 1 saturated carbocycles. The van der Waals surface area contributed by atoms with E-state index >= 15 is 0 Å². The van der Waals surface area contributed by atoms with Crippen LogP contribution < -0.4 is 5.32 Å². The average molecular weight is 195 g/mol. The molecule has 1 heterocycles. The first-order valence-electron chi connectivity index (χ1n) is 6.14. The summed E-state index contributed by atoms with van der Waals surface area (Å²) in [4.78, 5) is 11.1. The molecule has 2 aliphatic rings. The second-order valence-electron chi connectivity index (χ2n) is 4.90. The largest absolute Gasteiger partial charge is 0.353 e. The van der Waals surface area contributed by atoms with E-state index in [-0.39, 0.29) is 5.91 Å². The van der Waals surface area contributed by atoms with E-state index < -0.39 is 0 Å². The maximum absolute atomic E-state index is 11.1. The zero-order valence-electron chi connectivity index (χ0n) is 8.93. The zero-order chi connectivity index (χ0) is 9.80. The quantitative estimate of drug-likeness (QED) is 0.674. The Hall–Kier alpha value is -0.530. The van der Waals surface area contributed by atoms with Crippen molar-refractivity contribution >= 4 is 5.91 Å². The first-order chi connectivity index (χ1) is 6.84. The van der Waals surface area contributed by atoms with Crippen LogP contribution >= 0.6 is 0 Å². The average Bonchev–Trinajstić information content (AvgIpc) is 2.43. The fourth-order valence-electron chi connectivity index (χ4n) is 2.86. The van der Waals surface area contributed by atoms with Crippen molar-refractivity contribution in [3.05, 3.63) is 0 Å². The Bertz CT molecular complexity index is 194. The summed E-state index contributed by atoms with van der Waals surface area (Å²) in [7, 11) is 0. The van der Waals surface area contributed by atoms with Crippen molar-refractivity contribution in [1.29, 1.82) is 0 Å². The van der Waals surface area contributed by atoms with Crippen molar-refractivity contribution < 1.29 is 4.79 Å². The third kappa shape index (κ3) is 2.73. The van der Waals surface area contributed by atoms with Crippen molar-refractivity contribution in [2.75, 3.05) is 0 Å². The highest BCUT2D eigenvalue weighted by atomic mass is 16.1. The molecule has 1 aliphatic carbocycles. The first kappa shape index (κ1) is 10.0. The van der Waals surface area contributed by atoms with E-state index in [0.29, 0.717) is 6.04 Å². The molecule has 1 atom stereocenters. The Morgan fingerprint density at radius 2 is 1.79 bits per heavy atom. The Kier molecular flexibility index (Phi) is 3.44. The van der Waals surface area contributed by atoms with Gasteiger partial charge in [-0.3, -0.25) is 4.79 Å². The summed E-state index contributed by atoms with van der Waals surface area (Å²) in [5.74, 6) is 1.16. The van der Waals surface area contributed by atoms with Crippen LogP contribution in [0.1, 0.15) is 57.8 Å². The Morgan fingerprint density at radius 3 is 2.36 bits per heavy atom. The standard InChI is InChI=1S/C12H21NO/c14-12-8-7-11(13-12)9-10-5-3-1-2-4-6-10/h10-11H,1-9H2,(H,13,14). The highest BCUT2D eigenvalue weighted by molar-refractivity contribution is 5.78. The molecule has 0 aromatic rings. The van der Waals surface area contributed by atoms with Crippen molar-refractivity contribution in [3.63, 3.8) is 0 Å². The Balaban J connectivity index is 1.75. The van der Waals surface area contributed by atoms with Gasteiger partial charge in [0.25, 0.3) is 0 Å². The monoisotopic (exact) mass is 195 g/mol. The van der Waals surface area contributed by atoms with E-state index in [0.717, 1.165) is 18.8 Å². The molecule has 14 heavy (non-hydrogen) atoms. The third-order valence-corrected chi connectivity index (χ3v) is 3.68. The molecule has 2 rings (SSSR count). The van der Waals surface area contributed by atoms with Crippen LogP contribution in [0.25, 0.3) is 0 Å². The van der Waals surface area contributed by atoms with E-state index in [9.17, 15) is 4.79 Å². The summed E-state index contributed by atoms with van der Waals surface area (Å²) in [6.45, 7) is 0. The van der Waals surface area contributed by atoms with Crippen LogP contribution in [0.15, 0.2) is 0 Å². The van der Waals surface area contributed by atoms with Gasteiger partial charge in [0.15, 0.2) is 0 Å². The summed E-state index contributed by atoms with van der Waals surface area (Å²) >= 11 is 0. The molecular weight excluding hydrogens is 174 g/mol. The molecule has 1 unspecified atom stereocenters. The fraction of sp³-hybridized carbons (Fsp3) is 0.917. The second kappa shape index (κ2) is 4.81. The Labute approximate surface area is 86.5 Å². The highest BCUT2D eigenvalue weighted by Gasteiger charge is 2.24. The molecule has 0 bridgehead atoms. The normalized spacial score (nSPS) is 30.0. The number of hydrogen-bond donors (Lipinski definition) is 1. The van der Waals surface area contributed by atoms with Crippen LogP contribution in [0.5, 0.6) is 0 Å². The van der Waals surface area contributed by atoms with Gasteiger partial charge >= 0.3 is 0 Å². The van der Waals surface area contributed by atoms with E-state index in [1.165, 1.54) is 44.9 Å². The van der Waals surface area contributed by atoms with Crippen molar-refractivity contribution in [3.8, 4) is 0 Å². The van der Waals surface area contributed by atoms with Crippen LogP contribution in [-0.4, -0.2) is 11.9 Å². The third-order valence-electron chi connectivity index (χ3n) is 3.68. The molecule has 2 fully saturated rings. The first-order valence-corrected chi connectivity index (χ1v) is 6.14. The Morgan fingerprint density at radius 1 is 1.07 bits per heavy atom. The molecule has 1 aliphatic heterocycles. The molecule has 1 saturated heterocycles. The molecule has 80 valence electrons. The molecule has 0 aromatic heterocycles. The van der Waals surface area contributed by atoms with Crippen LogP contribution in [0, 0.1) is 5.92 Å². The zero-order valence-corrected chi connectivity index (χ0v) is 8.93. The van der Waals surface area contributed by atoms with Crippen molar-refractivity contribution in [2.45, 2.75) is 63.8 Å². The molecule has 0 radical (unpaired) electrons. The van der Waals surface area contributed by atoms with Gasteiger partial charge in [-0.1, -0.05) is 38.5 Å². The second-order valence-corrected chi connectivity index (χ2v) is 4.90. The predicted molar refractivity (Wildman–Crippen MR) is 57.0 cm³/mol. The lowest BCUT2D eigenvalue weighted by Gasteiger charge is -2.18. The van der Waals surface area contributed by atoms with Gasteiger partial charge in [0, 0.05) is 12.5 Å². The SMILES string of the molecule is O=C1CCC(CC2CCCCCC2)N1. The molecule has 2 heteroatoms. The number of rotatable bonds is 2. The van der Waals surface area contributed by atoms with Gasteiger partial charge in [-0.05, 0) is 18.8 Å². The van der Waals surface area contributed by atoms with E-state index in [4.69, 9.17) is 0 Å². The number of hydrogen-bond acceptors (Lipinski definition) is 1. The van der Waals surface area contributed by atoms with E-state index in [1.54, 1.807) is 0 Å². The van der Waals surface area contributed by atoms with Gasteiger partial charge < -0.3 is 5.32 Å². The molecule has 1 amide bonds. The summed E-state index contributed by atoms with van der Waals surface area (Å²) in [5.41, 5.74) is 0. The number of carbonyl (C=O) groups excluding carboxylic acids is 1. The van der Waals surface area contributed by atoms with Gasteiger partial charge in [-0.15, -0.1) is 0 Å². The minimum Gasteiger partial charge on any atom is -0.353 e. The van der Waals surface area contributed by atoms with Crippen LogP contribution in [0.4, 0.5) is 0 Å². The summed E-state index contributed by atoms with van der Waals surface area (Å²) in [5, 5.41) is 3.08. The smallest absolute Gasteiger partial charge is 0.220 e. The van der Waals surface area contributed by atoms with Gasteiger partial charge in [0.05, 0.1) is 0 Å². The van der Waals surface area contributed by atoms with Crippen molar-refractivity contribution in [2.24, 2.45) is 5.92 Å². The van der Waals surface area contributed by atoms with E-state index in [1.807, 2.05) is 0 Å². The molecule has 0 spiro atoms. The van der Waals surface area contributed by atoms with E-state index in [2.05, 4.69) is 5.32 Å². The van der Waals surface area contributed by atoms with Gasteiger partial charge in [0.2, 0.25) is 5.91 Å². The minimum atomic E-state index is 0.267. The van der Waals surface area contributed by atoms with Gasteiger partial charge in [-0.25, -0.2) is 0 Å². The lowest BCUT2D eigenvalue weighted by molar-refractivity contribution is -0.119. The maximum Gasteiger partial charge on any atom is 0.220 e. The molecular formula is C12H21NO. The fourth-order valence-corrected chi connectivity index (χ4v) is 2.86. The molecule has 0 aromatic carbocycles. The van der Waals surface area contributed by atoms with Gasteiger partial charge in [-0.2, -0.15) is 0 Å². The molecule has 2 nitrogen and oxygen atoms in total. The number of nitrogens with one attached hydrogen (secondary N) is 1. The topological polar surface area (TPSA) is 29.1 Å². The van der Waals surface area contributed by atoms with Crippen molar-refractivity contribution in [1.82, 2.24) is 5.32 Å². The molecule has 1 N–H and O–H groups in total. The summed E-state index contributed by atoms with van der Waals surface area (Å²) < 4.78 is 0. The van der Waals surface area contributed by atoms with Crippen LogP contribution in [0.2, 0.25) is 0 Å². The van der Waals surface area contributed by atoms with Crippen LogP contribution in [0.3, 0.4) is 0 Å². The number of carbonyl (C=O) groups is 1. The lowest BCUT2D eigenvalue weighted by atomic mass is 9.92. The summed E-state index contributed by atoms with van der Waals surface area (Å²) in [6, 6.07) is 0.505. The van der Waals surface area contributed by atoms with Crippen LogP contribution in [-0.2, 0) is 4.79 Å². The summed E-state index contributed by atoms with van der Waals surface area (Å²) in [6.07, 6.45) is 11.5. The van der Waals surface area contributed by atoms with Gasteiger partial charge in [0.1, 0.15) is 0 Å². The highest BCUT2D eigenvalue weighted by Crippen LogP contribution is 2.28. The maximum atomic E-state index is 11.1. The minimum absolute atomic E-state index is 0.267. The number of amides is 1.